The first-order valence-electron chi connectivity index (χ1n) is 7.32. The van der Waals surface area contributed by atoms with Gasteiger partial charge >= 0.3 is 5.69 Å². The van der Waals surface area contributed by atoms with Crippen LogP contribution in [0.1, 0.15) is 20.3 Å². The molecule has 0 saturated carbocycles. The van der Waals surface area contributed by atoms with E-state index < -0.39 is 4.92 Å². The SMILES string of the molecule is CCC(C)Nc1ncnc(Nc2cc(Cl)ccc2OC)c1[N+](=O)[O-]. The maximum absolute atomic E-state index is 11.5. The van der Waals surface area contributed by atoms with E-state index in [2.05, 4.69) is 20.6 Å². The van der Waals surface area contributed by atoms with Crippen molar-refractivity contribution in [1.82, 2.24) is 9.97 Å². The van der Waals surface area contributed by atoms with Crippen molar-refractivity contribution in [2.24, 2.45) is 0 Å². The summed E-state index contributed by atoms with van der Waals surface area (Å²) < 4.78 is 5.24. The number of nitrogens with one attached hydrogen (secondary N) is 2. The van der Waals surface area contributed by atoms with E-state index in [1.165, 1.54) is 13.4 Å². The summed E-state index contributed by atoms with van der Waals surface area (Å²) in [5.74, 6) is 0.706. The predicted molar refractivity (Wildman–Crippen MR) is 93.3 cm³/mol. The van der Waals surface area contributed by atoms with Crippen LogP contribution in [0.4, 0.5) is 23.0 Å². The number of halogens is 1. The molecule has 24 heavy (non-hydrogen) atoms. The van der Waals surface area contributed by atoms with Gasteiger partial charge in [-0.05, 0) is 31.5 Å². The summed E-state index contributed by atoms with van der Waals surface area (Å²) in [6, 6.07) is 4.96. The Labute approximate surface area is 144 Å². The monoisotopic (exact) mass is 351 g/mol. The third-order valence-corrected chi connectivity index (χ3v) is 3.65. The molecule has 1 heterocycles. The van der Waals surface area contributed by atoms with Crippen molar-refractivity contribution < 1.29 is 9.66 Å². The van der Waals surface area contributed by atoms with Crippen LogP contribution in [-0.4, -0.2) is 28.0 Å². The summed E-state index contributed by atoms with van der Waals surface area (Å²) in [6.45, 7) is 3.89. The number of nitrogens with zero attached hydrogens (tertiary/aromatic N) is 3. The summed E-state index contributed by atoms with van der Waals surface area (Å²) in [5.41, 5.74) is 0.237. The molecule has 0 aliphatic carbocycles. The van der Waals surface area contributed by atoms with E-state index in [0.29, 0.717) is 16.5 Å². The zero-order chi connectivity index (χ0) is 17.7. The Morgan fingerprint density at radius 2 is 2.08 bits per heavy atom. The Morgan fingerprint density at radius 3 is 2.71 bits per heavy atom. The minimum atomic E-state index is -0.524. The first-order chi connectivity index (χ1) is 11.5. The van der Waals surface area contributed by atoms with Gasteiger partial charge in [-0.2, -0.15) is 0 Å². The molecule has 0 aliphatic heterocycles. The van der Waals surface area contributed by atoms with E-state index >= 15 is 0 Å². The van der Waals surface area contributed by atoms with Gasteiger partial charge in [-0.15, -0.1) is 0 Å². The molecule has 2 rings (SSSR count). The number of aromatic nitrogens is 2. The van der Waals surface area contributed by atoms with Gasteiger partial charge in [-0.25, -0.2) is 9.97 Å². The Morgan fingerprint density at radius 1 is 1.38 bits per heavy atom. The quantitative estimate of drug-likeness (QED) is 0.574. The van der Waals surface area contributed by atoms with Crippen LogP contribution in [0.25, 0.3) is 0 Å². The average Bonchev–Trinajstić information content (AvgIpc) is 2.54. The summed E-state index contributed by atoms with van der Waals surface area (Å²) in [5, 5.41) is 17.9. The molecule has 8 nitrogen and oxygen atoms in total. The Kier molecular flexibility index (Phi) is 5.75. The molecule has 128 valence electrons. The molecule has 2 aromatic rings. The maximum atomic E-state index is 11.5. The molecule has 1 atom stereocenters. The van der Waals surface area contributed by atoms with Gasteiger partial charge < -0.3 is 15.4 Å². The van der Waals surface area contributed by atoms with Crippen molar-refractivity contribution in [2.45, 2.75) is 26.3 Å². The third kappa shape index (κ3) is 4.02. The number of hydrogen-bond acceptors (Lipinski definition) is 7. The van der Waals surface area contributed by atoms with Gasteiger partial charge in [0.2, 0.25) is 11.6 Å². The highest BCUT2D eigenvalue weighted by molar-refractivity contribution is 6.31. The van der Waals surface area contributed by atoms with E-state index in [0.717, 1.165) is 6.42 Å². The number of anilines is 3. The standard InChI is InChI=1S/C15H18ClN5O3/c1-4-9(2)19-14-13(21(22)23)15(18-8-17-14)20-11-7-10(16)5-6-12(11)24-3/h5-9H,4H2,1-3H3,(H2,17,18,19,20). The maximum Gasteiger partial charge on any atom is 0.353 e. The first kappa shape index (κ1) is 17.7. The second kappa shape index (κ2) is 7.78. The molecule has 0 aliphatic rings. The Bertz CT molecular complexity index is 741. The van der Waals surface area contributed by atoms with Gasteiger partial charge in [-0.3, -0.25) is 10.1 Å². The Balaban J connectivity index is 2.45. The van der Waals surface area contributed by atoms with Crippen LogP contribution in [0.3, 0.4) is 0 Å². The van der Waals surface area contributed by atoms with Crippen molar-refractivity contribution >= 4 is 34.6 Å². The molecule has 0 amide bonds. The van der Waals surface area contributed by atoms with Gasteiger partial charge in [0.05, 0.1) is 17.7 Å². The fourth-order valence-electron chi connectivity index (χ4n) is 1.99. The van der Waals surface area contributed by atoms with Gasteiger partial charge in [0.25, 0.3) is 0 Å². The van der Waals surface area contributed by atoms with Gasteiger partial charge in [0.15, 0.2) is 0 Å². The minimum Gasteiger partial charge on any atom is -0.495 e. The summed E-state index contributed by atoms with van der Waals surface area (Å²) in [4.78, 5) is 19.0. The summed E-state index contributed by atoms with van der Waals surface area (Å²) in [6.07, 6.45) is 2.06. The molecule has 0 radical (unpaired) electrons. The van der Waals surface area contributed by atoms with Crippen LogP contribution >= 0.6 is 11.6 Å². The number of methoxy groups -OCH3 is 1. The largest absolute Gasteiger partial charge is 0.495 e. The van der Waals surface area contributed by atoms with Crippen LogP contribution in [0.5, 0.6) is 5.75 Å². The summed E-state index contributed by atoms with van der Waals surface area (Å²) in [7, 11) is 1.50. The highest BCUT2D eigenvalue weighted by atomic mass is 35.5. The molecule has 0 saturated heterocycles. The zero-order valence-corrected chi connectivity index (χ0v) is 14.3. The number of benzene rings is 1. The number of nitro groups is 1. The van der Waals surface area contributed by atoms with E-state index in [1.54, 1.807) is 18.2 Å². The van der Waals surface area contributed by atoms with Crippen molar-refractivity contribution in [2.75, 3.05) is 17.7 Å². The second-order valence-corrected chi connectivity index (χ2v) is 5.54. The van der Waals surface area contributed by atoms with Gasteiger partial charge in [-0.1, -0.05) is 18.5 Å². The lowest BCUT2D eigenvalue weighted by Gasteiger charge is -2.14. The van der Waals surface area contributed by atoms with Gasteiger partial charge in [0, 0.05) is 11.1 Å². The lowest BCUT2D eigenvalue weighted by Crippen LogP contribution is -2.16. The second-order valence-electron chi connectivity index (χ2n) is 5.10. The third-order valence-electron chi connectivity index (χ3n) is 3.41. The predicted octanol–water partition coefficient (Wildman–Crippen LogP) is 4.00. The normalized spacial score (nSPS) is 11.7. The Hall–Kier alpha value is -2.61. The fourth-order valence-corrected chi connectivity index (χ4v) is 2.16. The highest BCUT2D eigenvalue weighted by Crippen LogP contribution is 2.35. The number of rotatable bonds is 7. The van der Waals surface area contributed by atoms with E-state index in [4.69, 9.17) is 16.3 Å². The molecule has 1 unspecified atom stereocenters. The summed E-state index contributed by atoms with van der Waals surface area (Å²) >= 11 is 5.99. The number of hydrogen-bond donors (Lipinski definition) is 2. The average molecular weight is 352 g/mol. The van der Waals surface area contributed by atoms with Crippen LogP contribution in [-0.2, 0) is 0 Å². The molecule has 1 aromatic carbocycles. The lowest BCUT2D eigenvalue weighted by atomic mass is 10.2. The molecular weight excluding hydrogens is 334 g/mol. The molecule has 0 fully saturated rings. The van der Waals surface area contributed by atoms with Crippen LogP contribution in [0.2, 0.25) is 5.02 Å². The lowest BCUT2D eigenvalue weighted by molar-refractivity contribution is -0.383. The number of ether oxygens (including phenoxy) is 1. The molecule has 9 heteroatoms. The van der Waals surface area contributed by atoms with Crippen LogP contribution in [0, 0.1) is 10.1 Å². The van der Waals surface area contributed by atoms with E-state index in [9.17, 15) is 10.1 Å². The zero-order valence-electron chi connectivity index (χ0n) is 13.5. The van der Waals surface area contributed by atoms with Crippen molar-refractivity contribution in [3.8, 4) is 5.75 Å². The van der Waals surface area contributed by atoms with Crippen molar-refractivity contribution in [1.29, 1.82) is 0 Å². The molecule has 2 N–H and O–H groups in total. The van der Waals surface area contributed by atoms with Crippen LogP contribution < -0.4 is 15.4 Å². The van der Waals surface area contributed by atoms with Crippen LogP contribution in [0.15, 0.2) is 24.5 Å². The molecular formula is C15H18ClN5O3. The fraction of sp³-hybridized carbons (Fsp3) is 0.333. The minimum absolute atomic E-state index is 0.0344. The van der Waals surface area contributed by atoms with E-state index in [-0.39, 0.29) is 23.4 Å². The van der Waals surface area contributed by atoms with Crippen molar-refractivity contribution in [3.63, 3.8) is 0 Å². The molecule has 0 bridgehead atoms. The molecule has 1 aromatic heterocycles. The van der Waals surface area contributed by atoms with E-state index in [1.807, 2.05) is 13.8 Å². The molecule has 0 spiro atoms. The topological polar surface area (TPSA) is 102 Å². The smallest absolute Gasteiger partial charge is 0.353 e. The van der Waals surface area contributed by atoms with Crippen molar-refractivity contribution in [3.05, 3.63) is 39.7 Å². The van der Waals surface area contributed by atoms with Gasteiger partial charge in [0.1, 0.15) is 12.1 Å². The highest BCUT2D eigenvalue weighted by Gasteiger charge is 2.24. The first-order valence-corrected chi connectivity index (χ1v) is 7.70.